The molecule has 0 aliphatic heterocycles. The number of nitrogens with one attached hydrogen (secondary N) is 1. The molecule has 84 valence electrons. The highest BCUT2D eigenvalue weighted by molar-refractivity contribution is 7.09. The van der Waals surface area contributed by atoms with Crippen molar-refractivity contribution in [1.82, 2.24) is 9.36 Å². The number of aliphatic hydroxyl groups excluding tert-OH is 1. The highest BCUT2D eigenvalue weighted by Gasteiger charge is 2.26. The lowest BCUT2D eigenvalue weighted by atomic mass is 9.97. The van der Waals surface area contributed by atoms with Gasteiger partial charge >= 0.3 is 0 Å². The summed E-state index contributed by atoms with van der Waals surface area (Å²) in [6.07, 6.45) is 3.55. The summed E-state index contributed by atoms with van der Waals surface area (Å²) in [4.78, 5) is 4.03. The van der Waals surface area contributed by atoms with E-state index < -0.39 is 0 Å². The normalized spacial score (nSPS) is 25.7. The van der Waals surface area contributed by atoms with Crippen molar-refractivity contribution in [2.45, 2.75) is 19.3 Å². The van der Waals surface area contributed by atoms with Crippen LogP contribution in [0.5, 0.6) is 0 Å². The van der Waals surface area contributed by atoms with E-state index >= 15 is 0 Å². The Morgan fingerprint density at radius 3 is 2.93 bits per heavy atom. The van der Waals surface area contributed by atoms with E-state index in [1.165, 1.54) is 24.4 Å². The maximum absolute atomic E-state index is 9.16. The van der Waals surface area contributed by atoms with Crippen LogP contribution in [0.4, 0.5) is 11.1 Å². The molecule has 2 rings (SSSR count). The van der Waals surface area contributed by atoms with Gasteiger partial charge in [0.25, 0.3) is 0 Å². The van der Waals surface area contributed by atoms with Crippen LogP contribution in [0.15, 0.2) is 0 Å². The number of nitrogens with two attached hydrogens (primary N) is 1. The van der Waals surface area contributed by atoms with Crippen LogP contribution in [0.2, 0.25) is 0 Å². The molecule has 6 heteroatoms. The number of aromatic nitrogens is 2. The SMILES string of the molecule is Nc1nsc(NCC2CCCC2CO)n1. The van der Waals surface area contributed by atoms with Gasteiger partial charge in [-0.2, -0.15) is 9.36 Å². The van der Waals surface area contributed by atoms with Crippen LogP contribution in [0, 0.1) is 11.8 Å². The fourth-order valence-corrected chi connectivity index (χ4v) is 2.65. The molecule has 0 spiro atoms. The standard InChI is InChI=1S/C9H16N4OS/c10-8-12-9(15-13-8)11-4-6-2-1-3-7(6)5-14/h6-7,14H,1-5H2,(H3,10,11,12,13). The van der Waals surface area contributed by atoms with Crippen LogP contribution in [0.1, 0.15) is 19.3 Å². The van der Waals surface area contributed by atoms with Gasteiger partial charge in [-0.15, -0.1) is 0 Å². The molecule has 4 N–H and O–H groups in total. The Labute approximate surface area is 92.9 Å². The van der Waals surface area contributed by atoms with Crippen LogP contribution in [-0.2, 0) is 0 Å². The van der Waals surface area contributed by atoms with E-state index in [0.717, 1.165) is 18.1 Å². The molecule has 1 aliphatic carbocycles. The van der Waals surface area contributed by atoms with Gasteiger partial charge in [-0.1, -0.05) is 6.42 Å². The lowest BCUT2D eigenvalue weighted by Gasteiger charge is -2.16. The number of aliphatic hydroxyl groups is 1. The summed E-state index contributed by atoms with van der Waals surface area (Å²) >= 11 is 1.28. The third-order valence-electron chi connectivity index (χ3n) is 3.01. The quantitative estimate of drug-likeness (QED) is 0.714. The summed E-state index contributed by atoms with van der Waals surface area (Å²) in [5, 5.41) is 13.2. The lowest BCUT2D eigenvalue weighted by Crippen LogP contribution is -2.20. The smallest absolute Gasteiger partial charge is 0.233 e. The van der Waals surface area contributed by atoms with Crippen molar-refractivity contribution in [2.75, 3.05) is 24.2 Å². The first-order valence-corrected chi connectivity index (χ1v) is 6.01. The molecule has 2 atom stereocenters. The largest absolute Gasteiger partial charge is 0.396 e. The van der Waals surface area contributed by atoms with Crippen molar-refractivity contribution in [1.29, 1.82) is 0 Å². The molecule has 0 aromatic carbocycles. The first kappa shape index (κ1) is 10.6. The van der Waals surface area contributed by atoms with Crippen molar-refractivity contribution in [2.24, 2.45) is 11.8 Å². The van der Waals surface area contributed by atoms with Gasteiger partial charge in [0.05, 0.1) is 0 Å². The van der Waals surface area contributed by atoms with Gasteiger partial charge in [0.1, 0.15) is 0 Å². The first-order chi connectivity index (χ1) is 7.29. The van der Waals surface area contributed by atoms with Crippen molar-refractivity contribution >= 4 is 22.6 Å². The number of anilines is 2. The predicted octanol–water partition coefficient (Wildman–Crippen LogP) is 0.941. The van der Waals surface area contributed by atoms with E-state index in [1.54, 1.807) is 0 Å². The first-order valence-electron chi connectivity index (χ1n) is 5.23. The van der Waals surface area contributed by atoms with E-state index in [2.05, 4.69) is 14.7 Å². The number of nitrogen functional groups attached to an aromatic ring is 1. The van der Waals surface area contributed by atoms with Crippen LogP contribution >= 0.6 is 11.5 Å². The molecule has 1 aromatic rings. The average molecular weight is 228 g/mol. The average Bonchev–Trinajstić information content (AvgIpc) is 2.83. The second-order valence-electron chi connectivity index (χ2n) is 3.97. The van der Waals surface area contributed by atoms with Crippen molar-refractivity contribution in [3.8, 4) is 0 Å². The molecule has 1 fully saturated rings. The molecule has 5 nitrogen and oxygen atoms in total. The van der Waals surface area contributed by atoms with E-state index in [-0.39, 0.29) is 0 Å². The molecular weight excluding hydrogens is 212 g/mol. The Bertz CT molecular complexity index is 317. The summed E-state index contributed by atoms with van der Waals surface area (Å²) in [5.41, 5.74) is 5.42. The number of hydrogen-bond donors (Lipinski definition) is 3. The monoisotopic (exact) mass is 228 g/mol. The zero-order valence-electron chi connectivity index (χ0n) is 8.52. The van der Waals surface area contributed by atoms with Crippen LogP contribution in [-0.4, -0.2) is 27.6 Å². The summed E-state index contributed by atoms with van der Waals surface area (Å²) in [6, 6.07) is 0. The van der Waals surface area contributed by atoms with E-state index in [4.69, 9.17) is 10.8 Å². The molecule has 1 saturated carbocycles. The number of hydrogen-bond acceptors (Lipinski definition) is 6. The summed E-state index contributed by atoms with van der Waals surface area (Å²) in [7, 11) is 0. The zero-order valence-corrected chi connectivity index (χ0v) is 9.33. The van der Waals surface area contributed by atoms with Crippen molar-refractivity contribution in [3.63, 3.8) is 0 Å². The number of nitrogens with zero attached hydrogens (tertiary/aromatic N) is 2. The Morgan fingerprint density at radius 2 is 2.27 bits per heavy atom. The topological polar surface area (TPSA) is 84.1 Å². The minimum Gasteiger partial charge on any atom is -0.396 e. The second-order valence-corrected chi connectivity index (χ2v) is 4.72. The number of rotatable bonds is 4. The zero-order chi connectivity index (χ0) is 10.7. The molecular formula is C9H16N4OS. The van der Waals surface area contributed by atoms with E-state index in [1.807, 2.05) is 0 Å². The highest BCUT2D eigenvalue weighted by atomic mass is 32.1. The molecule has 0 bridgehead atoms. The summed E-state index contributed by atoms with van der Waals surface area (Å²) in [6.45, 7) is 1.16. The van der Waals surface area contributed by atoms with Crippen LogP contribution in [0.25, 0.3) is 0 Å². The highest BCUT2D eigenvalue weighted by Crippen LogP contribution is 2.31. The maximum atomic E-state index is 9.16. The fraction of sp³-hybridized carbons (Fsp3) is 0.778. The second kappa shape index (κ2) is 4.76. The van der Waals surface area contributed by atoms with Gasteiger partial charge in [-0.3, -0.25) is 0 Å². The lowest BCUT2D eigenvalue weighted by molar-refractivity contribution is 0.199. The van der Waals surface area contributed by atoms with Crippen molar-refractivity contribution < 1.29 is 5.11 Å². The van der Waals surface area contributed by atoms with E-state index in [0.29, 0.717) is 24.4 Å². The van der Waals surface area contributed by atoms with Crippen LogP contribution in [0.3, 0.4) is 0 Å². The van der Waals surface area contributed by atoms with Crippen LogP contribution < -0.4 is 11.1 Å². The Kier molecular flexibility index (Phi) is 3.37. The minimum absolute atomic E-state index is 0.296. The molecule has 15 heavy (non-hydrogen) atoms. The maximum Gasteiger partial charge on any atom is 0.233 e. The molecule has 1 heterocycles. The van der Waals surface area contributed by atoms with Gasteiger partial charge < -0.3 is 16.2 Å². The third kappa shape index (κ3) is 2.57. The minimum atomic E-state index is 0.296. The van der Waals surface area contributed by atoms with E-state index in [9.17, 15) is 0 Å². The molecule has 0 saturated heterocycles. The predicted molar refractivity (Wildman–Crippen MR) is 60.7 cm³/mol. The molecule has 0 radical (unpaired) electrons. The van der Waals surface area contributed by atoms with Gasteiger partial charge in [0.15, 0.2) is 0 Å². The third-order valence-corrected chi connectivity index (χ3v) is 3.70. The van der Waals surface area contributed by atoms with Gasteiger partial charge in [-0.25, -0.2) is 0 Å². The summed E-state index contributed by atoms with van der Waals surface area (Å²) < 4.78 is 3.90. The molecule has 0 amide bonds. The Hall–Kier alpha value is -0.880. The Morgan fingerprint density at radius 1 is 1.47 bits per heavy atom. The van der Waals surface area contributed by atoms with Gasteiger partial charge in [-0.05, 0) is 24.7 Å². The molecule has 2 unspecified atom stereocenters. The fourth-order valence-electron chi connectivity index (χ4n) is 2.15. The molecule has 1 aromatic heterocycles. The van der Waals surface area contributed by atoms with Crippen molar-refractivity contribution in [3.05, 3.63) is 0 Å². The van der Waals surface area contributed by atoms with Gasteiger partial charge in [0, 0.05) is 24.7 Å². The molecule has 1 aliphatic rings. The Balaban J connectivity index is 1.82. The van der Waals surface area contributed by atoms with Gasteiger partial charge in [0.2, 0.25) is 11.1 Å². The summed E-state index contributed by atoms with van der Waals surface area (Å²) in [5.74, 6) is 1.33.